The number of nitrogens with one attached hydrogen (secondary N) is 2. The molecule has 2 amide bonds. The molecule has 5 rings (SSSR count). The molecule has 0 radical (unpaired) electrons. The van der Waals surface area contributed by atoms with E-state index in [-0.39, 0.29) is 11.8 Å². The summed E-state index contributed by atoms with van der Waals surface area (Å²) in [6.07, 6.45) is 2.76. The smallest absolute Gasteiger partial charge is 0.252 e. The number of nitrogens with zero attached hydrogens (tertiary/aromatic N) is 1. The molecule has 0 aliphatic carbocycles. The van der Waals surface area contributed by atoms with E-state index in [0.717, 1.165) is 22.2 Å². The molecule has 0 saturated carbocycles. The van der Waals surface area contributed by atoms with E-state index in [9.17, 15) is 9.59 Å². The lowest BCUT2D eigenvalue weighted by Crippen LogP contribution is -2.28. The van der Waals surface area contributed by atoms with E-state index in [0.29, 0.717) is 48.8 Å². The number of carbonyl (C=O) groups excluding carboxylic acids is 2. The molecule has 0 atom stereocenters. The molecule has 32 heavy (non-hydrogen) atoms. The van der Waals surface area contributed by atoms with Crippen molar-refractivity contribution >= 4 is 28.4 Å². The van der Waals surface area contributed by atoms with Gasteiger partial charge in [0.15, 0.2) is 5.76 Å². The van der Waals surface area contributed by atoms with E-state index < -0.39 is 0 Å². The second kappa shape index (κ2) is 8.55. The predicted octanol–water partition coefficient (Wildman–Crippen LogP) is 4.19. The van der Waals surface area contributed by atoms with Gasteiger partial charge in [0, 0.05) is 17.5 Å². The molecule has 0 spiro atoms. The Kier molecular flexibility index (Phi) is 5.29. The van der Waals surface area contributed by atoms with Crippen LogP contribution in [0, 0.1) is 0 Å². The fourth-order valence-corrected chi connectivity index (χ4v) is 3.79. The molecule has 4 aromatic rings. The average Bonchev–Trinajstić information content (AvgIpc) is 3.36. The fraction of sp³-hybridized carbons (Fsp3) is 0.160. The number of para-hydroxylation sites is 1. The topological polar surface area (TPSA) is 93.5 Å². The third-order valence-electron chi connectivity index (χ3n) is 5.36. The van der Waals surface area contributed by atoms with Gasteiger partial charge in [0.05, 0.1) is 23.9 Å². The monoisotopic (exact) mass is 427 g/mol. The molecule has 2 aromatic carbocycles. The molecule has 7 nitrogen and oxygen atoms in total. The highest BCUT2D eigenvalue weighted by Crippen LogP contribution is 2.27. The Morgan fingerprint density at radius 3 is 2.88 bits per heavy atom. The zero-order valence-corrected chi connectivity index (χ0v) is 17.3. The SMILES string of the molecule is O=C1CCc2cc(OCCNC(=O)c3cc(-c4ccco4)nc4ccccc34)ccc2N1. The third-order valence-corrected chi connectivity index (χ3v) is 5.36. The first-order valence-corrected chi connectivity index (χ1v) is 10.4. The summed E-state index contributed by atoms with van der Waals surface area (Å²) in [6.45, 7) is 0.671. The molecule has 1 aliphatic heterocycles. The van der Waals surface area contributed by atoms with E-state index in [1.54, 1.807) is 18.4 Å². The highest BCUT2D eigenvalue weighted by molar-refractivity contribution is 6.07. The van der Waals surface area contributed by atoms with E-state index in [1.807, 2.05) is 48.5 Å². The summed E-state index contributed by atoms with van der Waals surface area (Å²) in [4.78, 5) is 29.0. The highest BCUT2D eigenvalue weighted by Gasteiger charge is 2.16. The van der Waals surface area contributed by atoms with Crippen LogP contribution in [0.1, 0.15) is 22.3 Å². The number of anilines is 1. The summed E-state index contributed by atoms with van der Waals surface area (Å²) < 4.78 is 11.3. The number of carbonyl (C=O) groups is 2. The van der Waals surface area contributed by atoms with Crippen molar-refractivity contribution in [3.05, 3.63) is 78.1 Å². The first kappa shape index (κ1) is 19.8. The van der Waals surface area contributed by atoms with Crippen molar-refractivity contribution in [2.24, 2.45) is 0 Å². The lowest BCUT2D eigenvalue weighted by molar-refractivity contribution is -0.116. The summed E-state index contributed by atoms with van der Waals surface area (Å²) in [5.74, 6) is 1.15. The number of hydrogen-bond acceptors (Lipinski definition) is 5. The Bertz CT molecular complexity index is 1300. The van der Waals surface area contributed by atoms with Gasteiger partial charge >= 0.3 is 0 Å². The zero-order chi connectivity index (χ0) is 21.9. The molecular formula is C25H21N3O4. The Labute approximate surface area is 184 Å². The maximum Gasteiger partial charge on any atom is 0.252 e. The zero-order valence-electron chi connectivity index (χ0n) is 17.3. The number of hydrogen-bond donors (Lipinski definition) is 2. The normalized spacial score (nSPS) is 12.8. The molecule has 2 aromatic heterocycles. The Morgan fingerprint density at radius 2 is 2.00 bits per heavy atom. The van der Waals surface area contributed by atoms with Crippen LogP contribution in [0.5, 0.6) is 5.75 Å². The van der Waals surface area contributed by atoms with Gasteiger partial charge in [-0.15, -0.1) is 0 Å². The van der Waals surface area contributed by atoms with Crippen LogP contribution in [0.2, 0.25) is 0 Å². The number of aromatic nitrogens is 1. The molecular weight excluding hydrogens is 406 g/mol. The Balaban J connectivity index is 1.26. The molecule has 0 bridgehead atoms. The van der Waals surface area contributed by atoms with Gasteiger partial charge in [-0.05, 0) is 54.4 Å². The van der Waals surface area contributed by atoms with Crippen LogP contribution >= 0.6 is 0 Å². The molecule has 1 aliphatic rings. The fourth-order valence-electron chi connectivity index (χ4n) is 3.79. The summed E-state index contributed by atoms with van der Waals surface area (Å²) in [6, 6.07) is 18.5. The number of pyridine rings is 1. The number of rotatable bonds is 6. The average molecular weight is 427 g/mol. The molecule has 0 saturated heterocycles. The summed E-state index contributed by atoms with van der Waals surface area (Å²) in [5, 5.41) is 6.55. The highest BCUT2D eigenvalue weighted by atomic mass is 16.5. The summed E-state index contributed by atoms with van der Waals surface area (Å²) >= 11 is 0. The quantitative estimate of drug-likeness (QED) is 0.450. The molecule has 7 heteroatoms. The van der Waals surface area contributed by atoms with Crippen LogP contribution in [0.25, 0.3) is 22.4 Å². The lowest BCUT2D eigenvalue weighted by atomic mass is 10.0. The van der Waals surface area contributed by atoms with Gasteiger partial charge in [-0.25, -0.2) is 4.98 Å². The molecule has 2 N–H and O–H groups in total. The molecule has 3 heterocycles. The molecule has 0 fully saturated rings. The largest absolute Gasteiger partial charge is 0.492 e. The summed E-state index contributed by atoms with van der Waals surface area (Å²) in [5.41, 5.74) is 3.75. The first-order chi connectivity index (χ1) is 15.7. The maximum absolute atomic E-state index is 12.9. The van der Waals surface area contributed by atoms with E-state index in [2.05, 4.69) is 15.6 Å². The van der Waals surface area contributed by atoms with Gasteiger partial charge in [-0.3, -0.25) is 9.59 Å². The minimum absolute atomic E-state index is 0.0349. The van der Waals surface area contributed by atoms with Crippen molar-refractivity contribution in [2.45, 2.75) is 12.8 Å². The van der Waals surface area contributed by atoms with Crippen molar-refractivity contribution in [3.8, 4) is 17.2 Å². The second-order valence-electron chi connectivity index (χ2n) is 7.52. The van der Waals surface area contributed by atoms with E-state index in [1.165, 1.54) is 0 Å². The van der Waals surface area contributed by atoms with Gasteiger partial charge in [-0.2, -0.15) is 0 Å². The minimum Gasteiger partial charge on any atom is -0.492 e. The standard InChI is InChI=1S/C25H21N3O4/c29-24-10-7-16-14-17(8-9-20(16)28-24)31-13-11-26-25(30)19-15-22(23-6-3-12-32-23)27-21-5-2-1-4-18(19)21/h1-6,8-9,12,14-15H,7,10-11,13H2,(H,26,30)(H,28,29). The van der Waals surface area contributed by atoms with Gasteiger partial charge in [0.2, 0.25) is 5.91 Å². The predicted molar refractivity (Wildman–Crippen MR) is 121 cm³/mol. The third kappa shape index (κ3) is 4.05. The van der Waals surface area contributed by atoms with Gasteiger partial charge < -0.3 is 19.8 Å². The number of ether oxygens (including phenoxy) is 1. The van der Waals surface area contributed by atoms with Gasteiger partial charge in [0.1, 0.15) is 18.1 Å². The molecule has 160 valence electrons. The van der Waals surface area contributed by atoms with Gasteiger partial charge in [0.25, 0.3) is 5.91 Å². The van der Waals surface area contributed by atoms with Gasteiger partial charge in [-0.1, -0.05) is 18.2 Å². The first-order valence-electron chi connectivity index (χ1n) is 10.4. The van der Waals surface area contributed by atoms with Crippen molar-refractivity contribution in [1.82, 2.24) is 10.3 Å². The Morgan fingerprint density at radius 1 is 1.09 bits per heavy atom. The van der Waals surface area contributed by atoms with Crippen molar-refractivity contribution < 1.29 is 18.7 Å². The maximum atomic E-state index is 12.9. The lowest BCUT2D eigenvalue weighted by Gasteiger charge is -2.17. The minimum atomic E-state index is -0.201. The van der Waals surface area contributed by atoms with Crippen LogP contribution in [0.4, 0.5) is 5.69 Å². The molecule has 0 unspecified atom stereocenters. The van der Waals surface area contributed by atoms with Crippen LogP contribution in [-0.2, 0) is 11.2 Å². The number of furan rings is 1. The van der Waals surface area contributed by atoms with E-state index in [4.69, 9.17) is 9.15 Å². The number of fused-ring (bicyclic) bond motifs is 2. The number of amides is 2. The van der Waals surface area contributed by atoms with E-state index >= 15 is 0 Å². The Hall–Kier alpha value is -4.13. The van der Waals surface area contributed by atoms with Crippen molar-refractivity contribution in [3.63, 3.8) is 0 Å². The summed E-state index contributed by atoms with van der Waals surface area (Å²) in [7, 11) is 0. The van der Waals surface area contributed by atoms with Crippen molar-refractivity contribution in [2.75, 3.05) is 18.5 Å². The van der Waals surface area contributed by atoms with Crippen molar-refractivity contribution in [1.29, 1.82) is 0 Å². The van der Waals surface area contributed by atoms with Crippen LogP contribution < -0.4 is 15.4 Å². The van der Waals surface area contributed by atoms with Crippen LogP contribution in [-0.4, -0.2) is 29.9 Å². The number of benzene rings is 2. The number of aryl methyl sites for hydroxylation is 1. The second-order valence-corrected chi connectivity index (χ2v) is 7.52. The van der Waals surface area contributed by atoms with Crippen LogP contribution in [0.3, 0.4) is 0 Å². The van der Waals surface area contributed by atoms with Crippen LogP contribution in [0.15, 0.2) is 71.3 Å².